The first-order chi connectivity index (χ1) is 15.2. The molecule has 0 bridgehead atoms. The van der Waals surface area contributed by atoms with Crippen LogP contribution >= 0.6 is 0 Å². The molecule has 1 saturated heterocycles. The lowest BCUT2D eigenvalue weighted by Gasteiger charge is -2.25. The fraction of sp³-hybridized carbons (Fsp3) is 0.409. The summed E-state index contributed by atoms with van der Waals surface area (Å²) in [5.41, 5.74) is 1.51. The third-order valence-corrected chi connectivity index (χ3v) is 8.47. The number of rotatable bonds is 9. The van der Waals surface area contributed by atoms with E-state index in [1.807, 2.05) is 18.2 Å². The molecule has 1 aliphatic rings. The smallest absolute Gasteiger partial charge is 0.243 e. The Morgan fingerprint density at radius 2 is 1.53 bits per heavy atom. The third kappa shape index (κ3) is 6.61. The summed E-state index contributed by atoms with van der Waals surface area (Å²) in [5, 5.41) is 2.70. The number of hydrogen-bond acceptors (Lipinski definition) is 5. The van der Waals surface area contributed by atoms with Crippen molar-refractivity contribution in [2.45, 2.75) is 37.2 Å². The van der Waals surface area contributed by atoms with Crippen molar-refractivity contribution in [1.29, 1.82) is 0 Å². The summed E-state index contributed by atoms with van der Waals surface area (Å²) >= 11 is 0. The summed E-state index contributed by atoms with van der Waals surface area (Å²) in [6.07, 6.45) is 3.87. The van der Waals surface area contributed by atoms with Gasteiger partial charge in [0.05, 0.1) is 17.7 Å². The highest BCUT2D eigenvalue weighted by Crippen LogP contribution is 2.20. The molecular formula is C22H29N3O5S2. The monoisotopic (exact) mass is 479 g/mol. The molecule has 0 atom stereocenters. The highest BCUT2D eigenvalue weighted by Gasteiger charge is 2.25. The quantitative estimate of drug-likeness (QED) is 0.592. The van der Waals surface area contributed by atoms with Gasteiger partial charge in [0.15, 0.2) is 0 Å². The van der Waals surface area contributed by atoms with Crippen molar-refractivity contribution >= 4 is 26.0 Å². The van der Waals surface area contributed by atoms with Crippen molar-refractivity contribution in [3.63, 3.8) is 0 Å². The maximum absolute atomic E-state index is 12.7. The first-order valence-corrected chi connectivity index (χ1v) is 13.8. The van der Waals surface area contributed by atoms with Gasteiger partial charge in [0, 0.05) is 26.2 Å². The van der Waals surface area contributed by atoms with E-state index < -0.39 is 26.0 Å². The zero-order valence-corrected chi connectivity index (χ0v) is 19.7. The van der Waals surface area contributed by atoms with E-state index in [4.69, 9.17) is 0 Å². The van der Waals surface area contributed by atoms with E-state index in [0.717, 1.165) is 41.0 Å². The van der Waals surface area contributed by atoms with Gasteiger partial charge in [-0.15, -0.1) is 0 Å². The Morgan fingerprint density at radius 1 is 0.906 bits per heavy atom. The standard InChI is InChI=1S/C22H29N3O5S2/c1-31(27,28)25(17-20-8-4-2-5-9-20)18-22(26)23-16-19-10-12-21(13-11-19)32(29,30)24-14-6-3-7-15-24/h2,4-5,8-13H,3,6-7,14-18H2,1H3,(H,23,26). The topological polar surface area (TPSA) is 104 Å². The van der Waals surface area contributed by atoms with Gasteiger partial charge in [0.25, 0.3) is 0 Å². The SMILES string of the molecule is CS(=O)(=O)N(CC(=O)NCc1ccc(S(=O)(=O)N2CCCCC2)cc1)Cc1ccccc1. The van der Waals surface area contributed by atoms with Crippen LogP contribution in [0.3, 0.4) is 0 Å². The maximum atomic E-state index is 12.7. The Bertz CT molecular complexity index is 1110. The van der Waals surface area contributed by atoms with Gasteiger partial charge in [-0.25, -0.2) is 16.8 Å². The molecule has 8 nitrogen and oxygen atoms in total. The fourth-order valence-corrected chi connectivity index (χ4v) is 5.78. The first kappa shape index (κ1) is 24.4. The van der Waals surface area contributed by atoms with E-state index in [0.29, 0.717) is 13.1 Å². The van der Waals surface area contributed by atoms with Gasteiger partial charge in [0.1, 0.15) is 0 Å². The molecule has 0 aromatic heterocycles. The molecule has 2 aromatic carbocycles. The van der Waals surface area contributed by atoms with E-state index in [2.05, 4.69) is 5.32 Å². The van der Waals surface area contributed by atoms with Crippen molar-refractivity contribution in [3.05, 3.63) is 65.7 Å². The average molecular weight is 480 g/mol. The second-order valence-corrected chi connectivity index (χ2v) is 11.8. The van der Waals surface area contributed by atoms with Crippen LogP contribution in [0.1, 0.15) is 30.4 Å². The second kappa shape index (κ2) is 10.6. The fourth-order valence-electron chi connectivity index (χ4n) is 3.53. The molecule has 32 heavy (non-hydrogen) atoms. The summed E-state index contributed by atoms with van der Waals surface area (Å²) in [6.45, 7) is 1.07. The summed E-state index contributed by atoms with van der Waals surface area (Å²) in [5.74, 6) is -0.434. The number of carbonyl (C=O) groups excluding carboxylic acids is 1. The maximum Gasteiger partial charge on any atom is 0.243 e. The average Bonchev–Trinajstić information content (AvgIpc) is 2.78. The van der Waals surface area contributed by atoms with Crippen molar-refractivity contribution in [1.82, 2.24) is 13.9 Å². The number of amides is 1. The zero-order chi connectivity index (χ0) is 23.2. The second-order valence-electron chi connectivity index (χ2n) is 7.90. The molecular weight excluding hydrogens is 450 g/mol. The van der Waals surface area contributed by atoms with E-state index in [9.17, 15) is 21.6 Å². The zero-order valence-electron chi connectivity index (χ0n) is 18.1. The molecule has 0 spiro atoms. The predicted octanol–water partition coefficient (Wildman–Crippen LogP) is 1.94. The van der Waals surface area contributed by atoms with Gasteiger partial charge >= 0.3 is 0 Å². The van der Waals surface area contributed by atoms with Gasteiger partial charge in [-0.05, 0) is 36.1 Å². The lowest BCUT2D eigenvalue weighted by molar-refractivity contribution is -0.121. The minimum Gasteiger partial charge on any atom is -0.351 e. The highest BCUT2D eigenvalue weighted by molar-refractivity contribution is 7.89. The number of nitrogens with zero attached hydrogens (tertiary/aromatic N) is 2. The Balaban J connectivity index is 1.57. The van der Waals surface area contributed by atoms with Gasteiger partial charge in [0.2, 0.25) is 26.0 Å². The molecule has 1 N–H and O–H groups in total. The van der Waals surface area contributed by atoms with E-state index in [1.165, 1.54) is 4.31 Å². The van der Waals surface area contributed by atoms with Crippen LogP contribution < -0.4 is 5.32 Å². The molecule has 0 aliphatic carbocycles. The summed E-state index contributed by atoms with van der Waals surface area (Å²) < 4.78 is 52.3. The lowest BCUT2D eigenvalue weighted by atomic mass is 10.2. The molecule has 10 heteroatoms. The molecule has 0 radical (unpaired) electrons. The van der Waals surface area contributed by atoms with Crippen LogP contribution in [-0.4, -0.2) is 57.2 Å². The third-order valence-electron chi connectivity index (χ3n) is 5.36. The number of carbonyl (C=O) groups is 1. The van der Waals surface area contributed by atoms with Gasteiger partial charge in [-0.2, -0.15) is 8.61 Å². The first-order valence-electron chi connectivity index (χ1n) is 10.5. The molecule has 1 heterocycles. The Hall–Kier alpha value is -2.27. The van der Waals surface area contributed by atoms with E-state index in [1.54, 1.807) is 36.4 Å². The van der Waals surface area contributed by atoms with Crippen molar-refractivity contribution in [3.8, 4) is 0 Å². The Kier molecular flexibility index (Phi) is 8.05. The molecule has 1 fully saturated rings. The highest BCUT2D eigenvalue weighted by atomic mass is 32.2. The van der Waals surface area contributed by atoms with Crippen LogP contribution in [0.2, 0.25) is 0 Å². The molecule has 1 aliphatic heterocycles. The van der Waals surface area contributed by atoms with Crippen LogP contribution in [0.5, 0.6) is 0 Å². The molecule has 1 amide bonds. The molecule has 0 unspecified atom stereocenters. The summed E-state index contributed by atoms with van der Waals surface area (Å²) in [4.78, 5) is 12.6. The predicted molar refractivity (Wildman–Crippen MR) is 123 cm³/mol. The van der Waals surface area contributed by atoms with Crippen LogP contribution in [-0.2, 0) is 37.9 Å². The van der Waals surface area contributed by atoms with Crippen molar-refractivity contribution in [2.24, 2.45) is 0 Å². The number of nitrogens with one attached hydrogen (secondary N) is 1. The summed E-state index contributed by atoms with van der Waals surface area (Å²) in [7, 11) is -7.07. The number of piperidine rings is 1. The lowest BCUT2D eigenvalue weighted by Crippen LogP contribution is -2.39. The Morgan fingerprint density at radius 3 is 2.12 bits per heavy atom. The molecule has 0 saturated carbocycles. The normalized spacial score (nSPS) is 15.6. The Labute approximate surface area is 190 Å². The van der Waals surface area contributed by atoms with Crippen LogP contribution in [0, 0.1) is 0 Å². The number of benzene rings is 2. The van der Waals surface area contributed by atoms with Gasteiger partial charge in [-0.3, -0.25) is 4.79 Å². The molecule has 174 valence electrons. The largest absolute Gasteiger partial charge is 0.351 e. The van der Waals surface area contributed by atoms with Crippen LogP contribution in [0.15, 0.2) is 59.5 Å². The van der Waals surface area contributed by atoms with E-state index >= 15 is 0 Å². The molecule has 3 rings (SSSR count). The minimum absolute atomic E-state index is 0.107. The number of sulfonamides is 2. The minimum atomic E-state index is -3.57. The van der Waals surface area contributed by atoms with Crippen LogP contribution in [0.25, 0.3) is 0 Å². The summed E-state index contributed by atoms with van der Waals surface area (Å²) in [6, 6.07) is 15.5. The van der Waals surface area contributed by atoms with Crippen molar-refractivity contribution in [2.75, 3.05) is 25.9 Å². The van der Waals surface area contributed by atoms with Gasteiger partial charge < -0.3 is 5.32 Å². The van der Waals surface area contributed by atoms with Crippen LogP contribution in [0.4, 0.5) is 0 Å². The molecule has 2 aromatic rings. The number of hydrogen-bond donors (Lipinski definition) is 1. The van der Waals surface area contributed by atoms with E-state index in [-0.39, 0.29) is 24.5 Å². The van der Waals surface area contributed by atoms with Crippen molar-refractivity contribution < 1.29 is 21.6 Å². The van der Waals surface area contributed by atoms with Gasteiger partial charge in [-0.1, -0.05) is 48.9 Å².